The number of carbonyl (C=O) groups is 2. The smallest absolute Gasteiger partial charge is 0.253 e. The second kappa shape index (κ2) is 8.67. The summed E-state index contributed by atoms with van der Waals surface area (Å²) < 4.78 is 0. The van der Waals surface area contributed by atoms with Gasteiger partial charge in [-0.3, -0.25) is 9.59 Å². The van der Waals surface area contributed by atoms with Gasteiger partial charge < -0.3 is 15.5 Å². The zero-order valence-corrected chi connectivity index (χ0v) is 16.0. The number of hydrogen-bond donors (Lipinski definition) is 2. The predicted molar refractivity (Wildman–Crippen MR) is 104 cm³/mol. The lowest BCUT2D eigenvalue weighted by Crippen LogP contribution is -2.40. The van der Waals surface area contributed by atoms with Crippen molar-refractivity contribution in [1.29, 1.82) is 0 Å². The van der Waals surface area contributed by atoms with Crippen LogP contribution in [0.15, 0.2) is 24.3 Å². The molecule has 1 saturated carbocycles. The van der Waals surface area contributed by atoms with Crippen LogP contribution in [0.25, 0.3) is 0 Å². The van der Waals surface area contributed by atoms with Crippen molar-refractivity contribution in [3.05, 3.63) is 29.8 Å². The van der Waals surface area contributed by atoms with E-state index in [9.17, 15) is 9.59 Å². The van der Waals surface area contributed by atoms with Crippen LogP contribution in [0.1, 0.15) is 62.2 Å². The number of carbonyl (C=O) groups excluding carboxylic acids is 2. The number of benzene rings is 1. The molecule has 2 aliphatic rings. The molecule has 0 unspecified atom stereocenters. The molecule has 2 N–H and O–H groups in total. The second-order valence-electron chi connectivity index (χ2n) is 7.85. The molecule has 2 amide bonds. The molecule has 142 valence electrons. The molecule has 0 bridgehead atoms. The van der Waals surface area contributed by atoms with Crippen molar-refractivity contribution >= 4 is 17.5 Å². The molecule has 1 saturated heterocycles. The van der Waals surface area contributed by atoms with Crippen molar-refractivity contribution in [2.45, 2.75) is 64.0 Å². The molecular formula is C21H31N3O2. The van der Waals surface area contributed by atoms with E-state index < -0.39 is 0 Å². The van der Waals surface area contributed by atoms with Crippen molar-refractivity contribution in [2.75, 3.05) is 18.9 Å². The van der Waals surface area contributed by atoms with E-state index in [0.717, 1.165) is 37.9 Å². The van der Waals surface area contributed by atoms with Crippen molar-refractivity contribution in [2.24, 2.45) is 5.92 Å². The number of rotatable bonds is 4. The van der Waals surface area contributed by atoms with Crippen LogP contribution in [0.2, 0.25) is 0 Å². The highest BCUT2D eigenvalue weighted by Crippen LogP contribution is 2.23. The van der Waals surface area contributed by atoms with Gasteiger partial charge in [-0.1, -0.05) is 19.3 Å². The lowest BCUT2D eigenvalue weighted by molar-refractivity contribution is -0.120. The molecule has 5 nitrogen and oxygen atoms in total. The summed E-state index contributed by atoms with van der Waals surface area (Å²) in [5.41, 5.74) is 1.45. The van der Waals surface area contributed by atoms with Gasteiger partial charge in [0.25, 0.3) is 5.91 Å². The zero-order valence-electron chi connectivity index (χ0n) is 16.0. The molecule has 0 spiro atoms. The first-order chi connectivity index (χ1) is 12.5. The van der Waals surface area contributed by atoms with Crippen LogP contribution in [-0.4, -0.2) is 42.4 Å². The first-order valence-electron chi connectivity index (χ1n) is 9.96. The van der Waals surface area contributed by atoms with Crippen LogP contribution >= 0.6 is 0 Å². The Balaban J connectivity index is 1.57. The lowest BCUT2D eigenvalue weighted by Gasteiger charge is -2.31. The van der Waals surface area contributed by atoms with E-state index in [1.165, 1.54) is 19.3 Å². The van der Waals surface area contributed by atoms with E-state index in [4.69, 9.17) is 0 Å². The summed E-state index contributed by atoms with van der Waals surface area (Å²) in [4.78, 5) is 27.0. The Morgan fingerprint density at radius 1 is 1.08 bits per heavy atom. The van der Waals surface area contributed by atoms with Crippen LogP contribution in [-0.2, 0) is 4.79 Å². The Morgan fingerprint density at radius 3 is 2.42 bits per heavy atom. The van der Waals surface area contributed by atoms with E-state index in [2.05, 4.69) is 17.6 Å². The summed E-state index contributed by atoms with van der Waals surface area (Å²) in [5.74, 6) is 0.212. The highest BCUT2D eigenvalue weighted by atomic mass is 16.2. The standard InChI is InChI=1S/C21H31N3O2/c1-15-14-17(12-13-22-15)20(25)23-18-10-8-16(9-11-18)21(26)24(2)19-6-4-3-5-7-19/h8-11,15,17,19,22H,3-7,12-14H2,1-2H3,(H,23,25)/t15-,17-/m0/s1. The molecule has 1 aliphatic heterocycles. The third-order valence-electron chi connectivity index (χ3n) is 5.84. The number of piperidine rings is 1. The molecule has 1 aromatic carbocycles. The normalized spacial score (nSPS) is 24.1. The van der Waals surface area contributed by atoms with E-state index in [1.807, 2.05) is 36.2 Å². The van der Waals surface area contributed by atoms with Gasteiger partial charge in [-0.15, -0.1) is 0 Å². The molecule has 26 heavy (non-hydrogen) atoms. The van der Waals surface area contributed by atoms with Gasteiger partial charge in [-0.2, -0.15) is 0 Å². The summed E-state index contributed by atoms with van der Waals surface area (Å²) in [6, 6.07) is 8.06. The van der Waals surface area contributed by atoms with Gasteiger partial charge in [0.2, 0.25) is 5.91 Å². The molecule has 3 rings (SSSR count). The molecule has 2 fully saturated rings. The third kappa shape index (κ3) is 4.64. The molecule has 0 aromatic heterocycles. The monoisotopic (exact) mass is 357 g/mol. The minimum absolute atomic E-state index is 0.0602. The van der Waals surface area contributed by atoms with Crippen LogP contribution < -0.4 is 10.6 Å². The Labute approximate surface area is 156 Å². The number of amides is 2. The minimum atomic E-state index is 0.0602. The fourth-order valence-corrected chi connectivity index (χ4v) is 4.15. The predicted octanol–water partition coefficient (Wildman–Crippen LogP) is 3.42. The number of hydrogen-bond acceptors (Lipinski definition) is 3. The Bertz CT molecular complexity index is 623. The van der Waals surface area contributed by atoms with E-state index in [-0.39, 0.29) is 17.7 Å². The van der Waals surface area contributed by atoms with Gasteiger partial charge in [0, 0.05) is 36.3 Å². The van der Waals surface area contributed by atoms with Crippen molar-refractivity contribution in [1.82, 2.24) is 10.2 Å². The van der Waals surface area contributed by atoms with E-state index in [1.54, 1.807) is 0 Å². The Hall–Kier alpha value is -1.88. The maximum Gasteiger partial charge on any atom is 0.253 e. The van der Waals surface area contributed by atoms with Gasteiger partial charge in [-0.05, 0) is 63.4 Å². The summed E-state index contributed by atoms with van der Waals surface area (Å²) in [6.45, 7) is 3.00. The van der Waals surface area contributed by atoms with Gasteiger partial charge in [0.15, 0.2) is 0 Å². The third-order valence-corrected chi connectivity index (χ3v) is 5.84. The van der Waals surface area contributed by atoms with Gasteiger partial charge in [-0.25, -0.2) is 0 Å². The molecule has 0 radical (unpaired) electrons. The summed E-state index contributed by atoms with van der Waals surface area (Å²) >= 11 is 0. The second-order valence-corrected chi connectivity index (χ2v) is 7.85. The molecule has 1 heterocycles. The van der Waals surface area contributed by atoms with Crippen LogP contribution in [0.4, 0.5) is 5.69 Å². The summed E-state index contributed by atoms with van der Waals surface area (Å²) in [6.07, 6.45) is 7.65. The fraction of sp³-hybridized carbons (Fsp3) is 0.619. The molecule has 1 aliphatic carbocycles. The molecule has 5 heteroatoms. The van der Waals surface area contributed by atoms with Crippen molar-refractivity contribution < 1.29 is 9.59 Å². The topological polar surface area (TPSA) is 61.4 Å². The van der Waals surface area contributed by atoms with Crippen LogP contribution in [0.5, 0.6) is 0 Å². The van der Waals surface area contributed by atoms with Gasteiger partial charge in [0.1, 0.15) is 0 Å². The zero-order chi connectivity index (χ0) is 18.5. The first-order valence-corrected chi connectivity index (χ1v) is 9.96. The summed E-state index contributed by atoms with van der Waals surface area (Å²) in [5, 5.41) is 6.37. The van der Waals surface area contributed by atoms with E-state index >= 15 is 0 Å². The maximum atomic E-state index is 12.7. The SMILES string of the molecule is C[C@H]1C[C@@H](C(=O)Nc2ccc(C(=O)N(C)C3CCCCC3)cc2)CCN1. The number of nitrogens with one attached hydrogen (secondary N) is 2. The lowest BCUT2D eigenvalue weighted by atomic mass is 9.92. The number of nitrogens with zero attached hydrogens (tertiary/aromatic N) is 1. The molecule has 1 aromatic rings. The molecular weight excluding hydrogens is 326 g/mol. The first kappa shape index (κ1) is 18.9. The van der Waals surface area contributed by atoms with Crippen LogP contribution in [0.3, 0.4) is 0 Å². The summed E-state index contributed by atoms with van der Waals surface area (Å²) in [7, 11) is 1.91. The highest BCUT2D eigenvalue weighted by molar-refractivity contribution is 5.96. The van der Waals surface area contributed by atoms with Crippen molar-refractivity contribution in [3.8, 4) is 0 Å². The average molecular weight is 357 g/mol. The fourth-order valence-electron chi connectivity index (χ4n) is 4.15. The van der Waals surface area contributed by atoms with Crippen molar-refractivity contribution in [3.63, 3.8) is 0 Å². The van der Waals surface area contributed by atoms with E-state index in [0.29, 0.717) is 17.6 Å². The average Bonchev–Trinajstić information content (AvgIpc) is 2.68. The largest absolute Gasteiger partial charge is 0.339 e. The van der Waals surface area contributed by atoms with Crippen LogP contribution in [0, 0.1) is 5.92 Å². The Kier molecular flexibility index (Phi) is 6.30. The maximum absolute atomic E-state index is 12.7. The Morgan fingerprint density at radius 2 is 1.77 bits per heavy atom. The molecule has 2 atom stereocenters. The van der Waals surface area contributed by atoms with Gasteiger partial charge >= 0.3 is 0 Å². The highest BCUT2D eigenvalue weighted by Gasteiger charge is 2.25. The van der Waals surface area contributed by atoms with Gasteiger partial charge in [0.05, 0.1) is 0 Å². The minimum Gasteiger partial charge on any atom is -0.339 e. The number of anilines is 1. The quantitative estimate of drug-likeness (QED) is 0.868.